The molecule has 0 amide bonds. The molecule has 4 aromatic rings. The van der Waals surface area contributed by atoms with E-state index in [0.717, 1.165) is 52.9 Å². The van der Waals surface area contributed by atoms with Crippen molar-refractivity contribution in [1.82, 2.24) is 9.90 Å². The fraction of sp³-hybridized carbons (Fsp3) is 0.200. The van der Waals surface area contributed by atoms with Gasteiger partial charge in [0.1, 0.15) is 5.21 Å². The third-order valence-corrected chi connectivity index (χ3v) is 5.13. The molecule has 0 atom stereocenters. The maximum atomic E-state index is 13.1. The number of benzene rings is 2. The number of aromatic hydroxyl groups is 1. The van der Waals surface area contributed by atoms with Crippen molar-refractivity contribution >= 4 is 22.1 Å². The number of aromatic nitrogens is 3. The lowest BCUT2D eigenvalue weighted by atomic mass is 10.1. The van der Waals surface area contributed by atoms with E-state index in [-0.39, 0.29) is 17.0 Å². The Morgan fingerprint density at radius 2 is 1.72 bits per heavy atom. The molecule has 0 spiro atoms. The Morgan fingerprint density at radius 3 is 2.41 bits per heavy atom. The van der Waals surface area contributed by atoms with Crippen LogP contribution < -0.4 is 9.42 Å². The molecule has 5 rings (SSSR count). The molecule has 0 bridgehead atoms. The quantitative estimate of drug-likeness (QED) is 0.521. The summed E-state index contributed by atoms with van der Waals surface area (Å²) in [6, 6.07) is 14.3. The van der Waals surface area contributed by atoms with Gasteiger partial charge in [-0.1, -0.05) is 27.4 Å². The van der Waals surface area contributed by atoms with Gasteiger partial charge < -0.3 is 15.5 Å². The van der Waals surface area contributed by atoms with Gasteiger partial charge in [0.15, 0.2) is 11.2 Å². The third-order valence-electron chi connectivity index (χ3n) is 5.13. The van der Waals surface area contributed by atoms with Crippen molar-refractivity contribution in [3.63, 3.8) is 0 Å². The van der Waals surface area contributed by atoms with E-state index < -0.39 is 11.7 Å². The molecule has 150 valence electrons. The highest BCUT2D eigenvalue weighted by molar-refractivity contribution is 5.92. The highest BCUT2D eigenvalue weighted by Gasteiger charge is 2.32. The average Bonchev–Trinajstić information content (AvgIpc) is 2.97. The van der Waals surface area contributed by atoms with E-state index in [1.165, 1.54) is 12.1 Å². The molecule has 2 N–H and O–H groups in total. The Morgan fingerprint density at radius 1 is 0.966 bits per heavy atom. The zero-order chi connectivity index (χ0) is 19.5. The summed E-state index contributed by atoms with van der Waals surface area (Å²) in [5.74, 6) is -0.202. The summed E-state index contributed by atoms with van der Waals surface area (Å²) in [6.45, 7) is 1.87. The first-order chi connectivity index (χ1) is 13.4. The number of hydrogen-bond donors (Lipinski definition) is 1. The average molecular weight is 402 g/mol. The molecule has 0 aliphatic carbocycles. The normalized spacial score (nSPS) is 14.1. The van der Waals surface area contributed by atoms with Gasteiger partial charge in [-0.3, -0.25) is 0 Å². The van der Waals surface area contributed by atoms with Gasteiger partial charge in [-0.2, -0.15) is 13.2 Å². The van der Waals surface area contributed by atoms with Crippen molar-refractivity contribution in [3.8, 4) is 11.6 Å². The standard InChI is InChI=1S/C20H15F3N4O.H2O/c21-20(22,23)13-5-3-6-14(11-13)26-19(28)18-12-17(25-9-4-10-25)15-7-1-2-8-16(15)27(18)24-26;/h1-3,5-8,11-12H,4,9-10H2;1H2. The molecule has 2 aromatic carbocycles. The predicted molar refractivity (Wildman–Crippen MR) is 99.7 cm³/mol. The Bertz CT molecular complexity index is 1220. The Labute approximate surface area is 163 Å². The van der Waals surface area contributed by atoms with Gasteiger partial charge in [-0.05, 0) is 36.8 Å². The predicted octanol–water partition coefficient (Wildman–Crippen LogP) is 3.52. The fourth-order valence-corrected chi connectivity index (χ4v) is 3.58. The minimum absolute atomic E-state index is 0. The molecule has 9 heteroatoms. The van der Waals surface area contributed by atoms with E-state index in [2.05, 4.69) is 10.1 Å². The SMILES string of the molecule is Oc1c2cc(N3CCC3)c3ccccc3[n+]2nn1-c1cccc(C(F)(F)F)c1.[OH-]. The molecule has 3 heterocycles. The molecule has 0 radical (unpaired) electrons. The Hall–Kier alpha value is -3.33. The first-order valence-corrected chi connectivity index (χ1v) is 8.92. The molecule has 29 heavy (non-hydrogen) atoms. The first-order valence-electron chi connectivity index (χ1n) is 8.92. The molecular formula is C20H17F3N4O2. The number of fused-ring (bicyclic) bond motifs is 3. The molecular weight excluding hydrogens is 385 g/mol. The molecule has 1 saturated heterocycles. The van der Waals surface area contributed by atoms with Crippen LogP contribution >= 0.6 is 0 Å². The zero-order valence-corrected chi connectivity index (χ0v) is 15.1. The maximum absolute atomic E-state index is 13.1. The van der Waals surface area contributed by atoms with E-state index in [0.29, 0.717) is 5.52 Å². The Balaban J connectivity index is 0.00000205. The van der Waals surface area contributed by atoms with Crippen LogP contribution in [-0.2, 0) is 6.18 Å². The molecule has 1 aliphatic heterocycles. The van der Waals surface area contributed by atoms with Gasteiger partial charge in [0.25, 0.3) is 0 Å². The van der Waals surface area contributed by atoms with Crippen LogP contribution in [0.15, 0.2) is 54.6 Å². The summed E-state index contributed by atoms with van der Waals surface area (Å²) in [6.07, 6.45) is -3.36. The number of nitrogens with zero attached hydrogens (tertiary/aromatic N) is 4. The minimum Gasteiger partial charge on any atom is -0.870 e. The number of rotatable bonds is 2. The van der Waals surface area contributed by atoms with Gasteiger partial charge >= 0.3 is 12.1 Å². The first kappa shape index (κ1) is 19.0. The van der Waals surface area contributed by atoms with Crippen LogP contribution in [0.1, 0.15) is 12.0 Å². The van der Waals surface area contributed by atoms with Gasteiger partial charge in [-0.25, -0.2) is 0 Å². The second-order valence-electron chi connectivity index (χ2n) is 6.86. The van der Waals surface area contributed by atoms with Crippen LogP contribution in [0.25, 0.3) is 22.1 Å². The molecule has 6 nitrogen and oxygen atoms in total. The lowest BCUT2D eigenvalue weighted by Crippen LogP contribution is -2.38. The van der Waals surface area contributed by atoms with Crippen molar-refractivity contribution in [3.05, 3.63) is 60.2 Å². The summed E-state index contributed by atoms with van der Waals surface area (Å²) in [5, 5.41) is 16.1. The fourth-order valence-electron chi connectivity index (χ4n) is 3.58. The summed E-state index contributed by atoms with van der Waals surface area (Å²) >= 11 is 0. The number of halogens is 3. The highest BCUT2D eigenvalue weighted by Crippen LogP contribution is 2.34. The van der Waals surface area contributed by atoms with E-state index >= 15 is 0 Å². The highest BCUT2D eigenvalue weighted by atomic mass is 19.4. The van der Waals surface area contributed by atoms with E-state index in [1.807, 2.05) is 30.3 Å². The molecule has 0 unspecified atom stereocenters. The van der Waals surface area contributed by atoms with Crippen LogP contribution in [0.5, 0.6) is 5.88 Å². The van der Waals surface area contributed by atoms with Crippen molar-refractivity contribution in [2.24, 2.45) is 0 Å². The number of para-hydroxylation sites is 1. The summed E-state index contributed by atoms with van der Waals surface area (Å²) < 4.78 is 41.9. The van der Waals surface area contributed by atoms with E-state index in [4.69, 9.17) is 0 Å². The second-order valence-corrected chi connectivity index (χ2v) is 6.86. The summed E-state index contributed by atoms with van der Waals surface area (Å²) in [4.78, 5) is 2.21. The van der Waals surface area contributed by atoms with Crippen molar-refractivity contribution in [1.29, 1.82) is 0 Å². The van der Waals surface area contributed by atoms with Gasteiger partial charge in [0, 0.05) is 24.5 Å². The lowest BCUT2D eigenvalue weighted by Gasteiger charge is -2.33. The summed E-state index contributed by atoms with van der Waals surface area (Å²) in [7, 11) is 0. The largest absolute Gasteiger partial charge is 0.870 e. The number of hydrogen-bond acceptors (Lipinski definition) is 4. The zero-order valence-electron chi connectivity index (χ0n) is 15.1. The molecule has 2 aromatic heterocycles. The molecule has 1 fully saturated rings. The van der Waals surface area contributed by atoms with Crippen LogP contribution in [-0.4, -0.2) is 33.6 Å². The topological polar surface area (TPSA) is 75.4 Å². The van der Waals surface area contributed by atoms with Gasteiger partial charge in [-0.15, -0.1) is 0 Å². The minimum atomic E-state index is -4.47. The van der Waals surface area contributed by atoms with Crippen LogP contribution in [0.4, 0.5) is 18.9 Å². The van der Waals surface area contributed by atoms with Crippen molar-refractivity contribution < 1.29 is 28.3 Å². The van der Waals surface area contributed by atoms with Crippen LogP contribution in [0.3, 0.4) is 0 Å². The molecule has 1 aliphatic rings. The number of pyridine rings is 1. The van der Waals surface area contributed by atoms with Crippen LogP contribution in [0, 0.1) is 0 Å². The van der Waals surface area contributed by atoms with Gasteiger partial charge in [0.05, 0.1) is 11.3 Å². The van der Waals surface area contributed by atoms with E-state index in [1.54, 1.807) is 4.52 Å². The van der Waals surface area contributed by atoms with E-state index in [9.17, 15) is 18.3 Å². The molecule has 0 saturated carbocycles. The van der Waals surface area contributed by atoms with Crippen LogP contribution in [0.2, 0.25) is 0 Å². The lowest BCUT2D eigenvalue weighted by molar-refractivity contribution is -0.555. The Kier molecular flexibility index (Phi) is 4.34. The van der Waals surface area contributed by atoms with Crippen molar-refractivity contribution in [2.75, 3.05) is 18.0 Å². The smallest absolute Gasteiger partial charge is 0.416 e. The number of alkyl halides is 3. The van der Waals surface area contributed by atoms with Crippen molar-refractivity contribution in [2.45, 2.75) is 12.6 Å². The third kappa shape index (κ3) is 2.94. The van der Waals surface area contributed by atoms with Gasteiger partial charge in [0.2, 0.25) is 5.52 Å². The maximum Gasteiger partial charge on any atom is 0.416 e. The monoisotopic (exact) mass is 402 g/mol. The number of anilines is 1. The summed E-state index contributed by atoms with van der Waals surface area (Å²) in [5.41, 5.74) is 1.56. The second kappa shape index (κ2) is 6.63.